The maximum absolute atomic E-state index is 2.46. The van der Waals surface area contributed by atoms with E-state index in [-0.39, 0.29) is 0 Å². The van der Waals surface area contributed by atoms with Crippen LogP contribution in [0.15, 0.2) is 243 Å². The quantitative estimate of drug-likeness (QED) is 0.150. The number of anilines is 3. The molecule has 1 heterocycles. The molecule has 0 saturated heterocycles. The second kappa shape index (κ2) is 14.4. The molecule has 1 aromatic heterocycles. The largest absolute Gasteiger partial charge is 0.310 e. The predicted molar refractivity (Wildman–Crippen MR) is 246 cm³/mol. The Morgan fingerprint density at radius 2 is 0.814 bits per heavy atom. The number of benzene rings is 9. The van der Waals surface area contributed by atoms with Gasteiger partial charge in [0.25, 0.3) is 0 Å². The summed E-state index contributed by atoms with van der Waals surface area (Å²) >= 11 is 0. The molecular formula is C57H40N2. The van der Waals surface area contributed by atoms with E-state index in [0.717, 1.165) is 22.7 Å². The Labute approximate surface area is 345 Å². The standard InChI is InChI=1S/C57H40N2/c1-6-18-41(19-7-1)42-30-32-48(33-31-42)58(47-27-14-5-15-28-47)49-34-36-51-52-37-35-50(59-55-29-17-16-22-44(55)38-56(59)43-20-8-2-9-21-43)40-54(52)57(53(51)39-49,45-23-10-3-11-24-45)46-25-12-4-13-26-46/h1-40H. The van der Waals surface area contributed by atoms with E-state index in [1.807, 2.05) is 0 Å². The summed E-state index contributed by atoms with van der Waals surface area (Å²) < 4.78 is 2.44. The van der Waals surface area contributed by atoms with Gasteiger partial charge in [0, 0.05) is 28.1 Å². The van der Waals surface area contributed by atoms with E-state index in [9.17, 15) is 0 Å². The fraction of sp³-hybridized carbons (Fsp3) is 0.0175. The van der Waals surface area contributed by atoms with Crippen LogP contribution in [0.3, 0.4) is 0 Å². The Bertz CT molecular complexity index is 3020. The van der Waals surface area contributed by atoms with Crippen molar-refractivity contribution in [1.82, 2.24) is 4.57 Å². The smallest absolute Gasteiger partial charge is 0.0715 e. The van der Waals surface area contributed by atoms with Gasteiger partial charge in [0.1, 0.15) is 0 Å². The minimum absolute atomic E-state index is 0.603. The molecule has 59 heavy (non-hydrogen) atoms. The molecule has 2 heteroatoms. The first kappa shape index (κ1) is 34.6. The first-order valence-corrected chi connectivity index (χ1v) is 20.3. The van der Waals surface area contributed by atoms with Crippen molar-refractivity contribution in [3.05, 3.63) is 265 Å². The average Bonchev–Trinajstić information content (AvgIpc) is 3.85. The first-order valence-electron chi connectivity index (χ1n) is 20.3. The van der Waals surface area contributed by atoms with Crippen molar-refractivity contribution < 1.29 is 0 Å². The van der Waals surface area contributed by atoms with Crippen molar-refractivity contribution in [3.8, 4) is 39.2 Å². The minimum atomic E-state index is -0.603. The second-order valence-electron chi connectivity index (χ2n) is 15.3. The van der Waals surface area contributed by atoms with Gasteiger partial charge >= 0.3 is 0 Å². The van der Waals surface area contributed by atoms with Gasteiger partial charge in [-0.15, -0.1) is 0 Å². The Kier molecular flexibility index (Phi) is 8.41. The highest BCUT2D eigenvalue weighted by atomic mass is 15.1. The lowest BCUT2D eigenvalue weighted by Gasteiger charge is -2.35. The van der Waals surface area contributed by atoms with Crippen molar-refractivity contribution in [3.63, 3.8) is 0 Å². The highest BCUT2D eigenvalue weighted by Crippen LogP contribution is 2.58. The maximum atomic E-state index is 2.46. The normalized spacial score (nSPS) is 12.5. The number of hydrogen-bond donors (Lipinski definition) is 0. The van der Waals surface area contributed by atoms with Crippen LogP contribution < -0.4 is 4.90 Å². The van der Waals surface area contributed by atoms with Gasteiger partial charge in [0.05, 0.1) is 16.6 Å². The summed E-state index contributed by atoms with van der Waals surface area (Å²) in [6, 6.07) is 88.6. The molecule has 0 radical (unpaired) electrons. The number of para-hydroxylation sites is 2. The number of rotatable bonds is 8. The molecule has 2 nitrogen and oxygen atoms in total. The van der Waals surface area contributed by atoms with Crippen LogP contribution in [0.25, 0.3) is 50.1 Å². The molecule has 0 spiro atoms. The van der Waals surface area contributed by atoms with Crippen LogP contribution in [0.5, 0.6) is 0 Å². The molecule has 278 valence electrons. The van der Waals surface area contributed by atoms with Crippen molar-refractivity contribution in [2.24, 2.45) is 0 Å². The van der Waals surface area contributed by atoms with Gasteiger partial charge in [-0.05, 0) is 111 Å². The van der Waals surface area contributed by atoms with Gasteiger partial charge < -0.3 is 9.47 Å². The fourth-order valence-corrected chi connectivity index (χ4v) is 9.46. The van der Waals surface area contributed by atoms with Crippen LogP contribution in [0, 0.1) is 0 Å². The molecule has 1 aliphatic rings. The third-order valence-corrected chi connectivity index (χ3v) is 12.1. The molecule has 0 N–H and O–H groups in total. The number of aromatic nitrogens is 1. The van der Waals surface area contributed by atoms with Gasteiger partial charge in [0.15, 0.2) is 0 Å². The summed E-state index contributed by atoms with van der Waals surface area (Å²) in [5.74, 6) is 0. The van der Waals surface area contributed by atoms with E-state index < -0.39 is 5.41 Å². The maximum Gasteiger partial charge on any atom is 0.0715 e. The van der Waals surface area contributed by atoms with E-state index in [1.54, 1.807) is 0 Å². The van der Waals surface area contributed by atoms with Crippen LogP contribution in [0.4, 0.5) is 17.1 Å². The Hall–Kier alpha value is -7.68. The SMILES string of the molecule is c1ccc(-c2ccc(N(c3ccccc3)c3ccc4c(c3)C(c3ccccc3)(c3ccccc3)c3cc(-n5c(-c6ccccc6)cc6ccccc65)ccc3-4)cc2)cc1. The molecule has 0 fully saturated rings. The Morgan fingerprint density at radius 1 is 0.339 bits per heavy atom. The summed E-state index contributed by atoms with van der Waals surface area (Å²) in [7, 11) is 0. The molecule has 1 aliphatic carbocycles. The van der Waals surface area contributed by atoms with Crippen molar-refractivity contribution in [2.45, 2.75) is 5.41 Å². The molecule has 0 aliphatic heterocycles. The molecular weight excluding hydrogens is 713 g/mol. The third kappa shape index (κ3) is 5.72. The Morgan fingerprint density at radius 3 is 1.46 bits per heavy atom. The van der Waals surface area contributed by atoms with Crippen LogP contribution >= 0.6 is 0 Å². The number of hydrogen-bond acceptors (Lipinski definition) is 1. The van der Waals surface area contributed by atoms with Crippen LogP contribution in [-0.2, 0) is 5.41 Å². The summed E-state index contributed by atoms with van der Waals surface area (Å²) in [5.41, 5.74) is 17.3. The predicted octanol–water partition coefficient (Wildman–Crippen LogP) is 14.8. The Balaban J connectivity index is 1.16. The van der Waals surface area contributed by atoms with E-state index in [4.69, 9.17) is 0 Å². The van der Waals surface area contributed by atoms with E-state index >= 15 is 0 Å². The van der Waals surface area contributed by atoms with E-state index in [0.29, 0.717) is 0 Å². The molecule has 0 bridgehead atoms. The van der Waals surface area contributed by atoms with Gasteiger partial charge in [0.2, 0.25) is 0 Å². The molecule has 10 aromatic rings. The lowest BCUT2D eigenvalue weighted by molar-refractivity contribution is 0.767. The highest BCUT2D eigenvalue weighted by Gasteiger charge is 2.46. The van der Waals surface area contributed by atoms with E-state index in [2.05, 4.69) is 252 Å². The highest BCUT2D eigenvalue weighted by molar-refractivity contribution is 5.93. The molecule has 0 saturated carbocycles. The van der Waals surface area contributed by atoms with Crippen molar-refractivity contribution >= 4 is 28.0 Å². The van der Waals surface area contributed by atoms with Crippen LogP contribution in [-0.4, -0.2) is 4.57 Å². The zero-order chi connectivity index (χ0) is 39.2. The van der Waals surface area contributed by atoms with Crippen LogP contribution in [0.2, 0.25) is 0 Å². The molecule has 11 rings (SSSR count). The monoisotopic (exact) mass is 752 g/mol. The molecule has 0 amide bonds. The summed E-state index contributed by atoms with van der Waals surface area (Å²) in [4.78, 5) is 2.39. The number of fused-ring (bicyclic) bond motifs is 4. The molecule has 0 atom stereocenters. The van der Waals surface area contributed by atoms with Gasteiger partial charge in [-0.25, -0.2) is 0 Å². The zero-order valence-corrected chi connectivity index (χ0v) is 32.5. The number of nitrogens with zero attached hydrogens (tertiary/aromatic N) is 2. The zero-order valence-electron chi connectivity index (χ0n) is 32.5. The summed E-state index contributed by atoms with van der Waals surface area (Å²) in [6.45, 7) is 0. The van der Waals surface area contributed by atoms with Crippen molar-refractivity contribution in [2.75, 3.05) is 4.90 Å². The second-order valence-corrected chi connectivity index (χ2v) is 15.3. The first-order chi connectivity index (χ1) is 29.3. The topological polar surface area (TPSA) is 8.17 Å². The third-order valence-electron chi connectivity index (χ3n) is 12.1. The average molecular weight is 753 g/mol. The molecule has 0 unspecified atom stereocenters. The van der Waals surface area contributed by atoms with Gasteiger partial charge in [-0.1, -0.05) is 182 Å². The van der Waals surface area contributed by atoms with Gasteiger partial charge in [-0.2, -0.15) is 0 Å². The van der Waals surface area contributed by atoms with Gasteiger partial charge in [-0.3, -0.25) is 0 Å². The van der Waals surface area contributed by atoms with Crippen molar-refractivity contribution in [1.29, 1.82) is 0 Å². The lowest BCUT2D eigenvalue weighted by atomic mass is 9.67. The lowest BCUT2D eigenvalue weighted by Crippen LogP contribution is -2.29. The molecule has 9 aromatic carbocycles. The summed E-state index contributed by atoms with van der Waals surface area (Å²) in [6.07, 6.45) is 0. The van der Waals surface area contributed by atoms with E-state index in [1.165, 1.54) is 66.7 Å². The fourth-order valence-electron chi connectivity index (χ4n) is 9.46. The summed E-state index contributed by atoms with van der Waals surface area (Å²) in [5, 5.41) is 1.22. The van der Waals surface area contributed by atoms with Crippen LogP contribution in [0.1, 0.15) is 22.3 Å². The minimum Gasteiger partial charge on any atom is -0.310 e.